The van der Waals surface area contributed by atoms with E-state index >= 15 is 0 Å². The number of carbonyl (C=O) groups is 1. The van der Waals surface area contributed by atoms with E-state index < -0.39 is 11.6 Å². The number of nitrogens with zero attached hydrogens (tertiary/aromatic N) is 1. The van der Waals surface area contributed by atoms with Gasteiger partial charge in [-0.25, -0.2) is 8.78 Å². The van der Waals surface area contributed by atoms with Crippen LogP contribution in [-0.4, -0.2) is 23.9 Å². The maximum atomic E-state index is 13.0. The highest BCUT2D eigenvalue weighted by Gasteiger charge is 2.27. The van der Waals surface area contributed by atoms with Crippen LogP contribution in [0, 0.1) is 11.6 Å². The Kier molecular flexibility index (Phi) is 1.76. The van der Waals surface area contributed by atoms with Gasteiger partial charge in [0.2, 0.25) is 0 Å². The minimum Gasteiger partial charge on any atom is -0.335 e. The van der Waals surface area contributed by atoms with Gasteiger partial charge in [0.25, 0.3) is 5.91 Å². The summed E-state index contributed by atoms with van der Waals surface area (Å²) in [5.74, 6) is -1.82. The van der Waals surface area contributed by atoms with Crippen LogP contribution in [0.4, 0.5) is 8.78 Å². The average Bonchev–Trinajstić information content (AvgIpc) is 2.85. The van der Waals surface area contributed by atoms with Crippen molar-refractivity contribution in [2.24, 2.45) is 0 Å². The molecule has 1 heterocycles. The zero-order valence-corrected chi connectivity index (χ0v) is 6.76. The van der Waals surface area contributed by atoms with Gasteiger partial charge < -0.3 is 4.90 Å². The summed E-state index contributed by atoms with van der Waals surface area (Å²) in [6, 6.07) is 2.97. The molecule has 0 aliphatic carbocycles. The smallest absolute Gasteiger partial charge is 0.256 e. The fourth-order valence-corrected chi connectivity index (χ4v) is 1.09. The van der Waals surface area contributed by atoms with Crippen LogP contribution in [-0.2, 0) is 0 Å². The predicted molar refractivity (Wildman–Crippen MR) is 42.3 cm³/mol. The first-order valence-electron chi connectivity index (χ1n) is 3.93. The fraction of sp³-hybridized carbons (Fsp3) is 0.222. The molecule has 0 atom stereocenters. The Balaban J connectivity index is 2.33. The Bertz CT molecular complexity index is 361. The first-order chi connectivity index (χ1) is 6.18. The minimum absolute atomic E-state index is 0.0566. The van der Waals surface area contributed by atoms with Gasteiger partial charge in [-0.3, -0.25) is 4.79 Å². The summed E-state index contributed by atoms with van der Waals surface area (Å²) >= 11 is 0. The second kappa shape index (κ2) is 2.80. The lowest BCUT2D eigenvalue weighted by Gasteiger charge is -2.02. The first-order valence-corrected chi connectivity index (χ1v) is 3.93. The molecule has 1 saturated heterocycles. The predicted octanol–water partition coefficient (Wildman–Crippen LogP) is 1.42. The molecule has 1 fully saturated rings. The molecule has 0 N–H and O–H groups in total. The summed E-state index contributed by atoms with van der Waals surface area (Å²) in [4.78, 5) is 12.8. The maximum Gasteiger partial charge on any atom is 0.256 e. The van der Waals surface area contributed by atoms with E-state index in [2.05, 4.69) is 0 Å². The second-order valence-corrected chi connectivity index (χ2v) is 2.92. The van der Waals surface area contributed by atoms with Gasteiger partial charge in [-0.05, 0) is 12.1 Å². The van der Waals surface area contributed by atoms with Crippen molar-refractivity contribution in [3.63, 3.8) is 0 Å². The number of hydrogen-bond donors (Lipinski definition) is 0. The van der Waals surface area contributed by atoms with Gasteiger partial charge in [-0.15, -0.1) is 0 Å². The molecule has 13 heavy (non-hydrogen) atoms. The fourth-order valence-electron chi connectivity index (χ4n) is 1.09. The number of hydrogen-bond acceptors (Lipinski definition) is 1. The van der Waals surface area contributed by atoms with Crippen molar-refractivity contribution in [2.45, 2.75) is 0 Å². The van der Waals surface area contributed by atoms with Crippen LogP contribution in [0.3, 0.4) is 0 Å². The van der Waals surface area contributed by atoms with E-state index in [0.717, 1.165) is 12.1 Å². The summed E-state index contributed by atoms with van der Waals surface area (Å²) in [7, 11) is 0. The van der Waals surface area contributed by atoms with E-state index in [-0.39, 0.29) is 11.5 Å². The second-order valence-electron chi connectivity index (χ2n) is 2.92. The van der Waals surface area contributed by atoms with E-state index in [9.17, 15) is 13.6 Å². The van der Waals surface area contributed by atoms with Crippen LogP contribution < -0.4 is 0 Å². The van der Waals surface area contributed by atoms with Crippen molar-refractivity contribution in [3.8, 4) is 0 Å². The van der Waals surface area contributed by atoms with Gasteiger partial charge in [0.15, 0.2) is 0 Å². The Morgan fingerprint density at radius 1 is 1.31 bits per heavy atom. The monoisotopic (exact) mass is 183 g/mol. The number of amides is 1. The van der Waals surface area contributed by atoms with Crippen molar-refractivity contribution in [1.82, 2.24) is 4.90 Å². The third kappa shape index (κ3) is 1.52. The molecule has 1 amide bonds. The molecule has 0 spiro atoms. The van der Waals surface area contributed by atoms with Crippen molar-refractivity contribution in [3.05, 3.63) is 35.4 Å². The summed E-state index contributed by atoms with van der Waals surface area (Å²) in [5.41, 5.74) is -0.0566. The molecule has 1 aromatic rings. The molecule has 1 aromatic carbocycles. The van der Waals surface area contributed by atoms with E-state index in [1.165, 1.54) is 11.0 Å². The van der Waals surface area contributed by atoms with Crippen molar-refractivity contribution in [1.29, 1.82) is 0 Å². The first kappa shape index (κ1) is 8.16. The maximum absolute atomic E-state index is 13.0. The summed E-state index contributed by atoms with van der Waals surface area (Å²) in [5, 5.41) is 0. The van der Waals surface area contributed by atoms with Crippen LogP contribution in [0.15, 0.2) is 18.2 Å². The van der Waals surface area contributed by atoms with Crippen molar-refractivity contribution >= 4 is 5.91 Å². The van der Waals surface area contributed by atoms with Crippen LogP contribution in [0.25, 0.3) is 0 Å². The largest absolute Gasteiger partial charge is 0.335 e. The number of benzene rings is 1. The van der Waals surface area contributed by atoms with Crippen LogP contribution in [0.5, 0.6) is 0 Å². The highest BCUT2D eigenvalue weighted by atomic mass is 19.1. The standard InChI is InChI=1S/C9H7F2NO/c10-6-1-2-7(8(11)5-6)9(13)12-3-4-12/h1-2,5H,3-4H2. The van der Waals surface area contributed by atoms with Gasteiger partial charge in [0.1, 0.15) is 11.6 Å². The third-order valence-corrected chi connectivity index (χ3v) is 1.90. The van der Waals surface area contributed by atoms with Crippen LogP contribution in [0.2, 0.25) is 0 Å². The highest BCUT2D eigenvalue weighted by molar-refractivity contribution is 5.95. The number of halogens is 2. The molecule has 2 nitrogen and oxygen atoms in total. The molecular weight excluding hydrogens is 176 g/mol. The SMILES string of the molecule is O=C(c1ccc(F)cc1F)N1CC1. The quantitative estimate of drug-likeness (QED) is 0.603. The van der Waals surface area contributed by atoms with E-state index in [0.29, 0.717) is 13.1 Å². The lowest BCUT2D eigenvalue weighted by Crippen LogP contribution is -2.12. The Morgan fingerprint density at radius 3 is 2.54 bits per heavy atom. The Hall–Kier alpha value is -1.45. The lowest BCUT2D eigenvalue weighted by atomic mass is 10.2. The van der Waals surface area contributed by atoms with Crippen molar-refractivity contribution in [2.75, 3.05) is 13.1 Å². The van der Waals surface area contributed by atoms with E-state index in [4.69, 9.17) is 0 Å². The van der Waals surface area contributed by atoms with Gasteiger partial charge in [0.05, 0.1) is 5.56 Å². The van der Waals surface area contributed by atoms with Crippen LogP contribution >= 0.6 is 0 Å². The van der Waals surface area contributed by atoms with Crippen LogP contribution in [0.1, 0.15) is 10.4 Å². The average molecular weight is 183 g/mol. The molecule has 0 aromatic heterocycles. The van der Waals surface area contributed by atoms with E-state index in [1.54, 1.807) is 0 Å². The molecule has 1 aliphatic heterocycles. The molecule has 4 heteroatoms. The summed E-state index contributed by atoms with van der Waals surface area (Å²) in [6.07, 6.45) is 0. The van der Waals surface area contributed by atoms with Gasteiger partial charge in [0, 0.05) is 19.2 Å². The zero-order valence-electron chi connectivity index (χ0n) is 6.76. The molecule has 0 unspecified atom stereocenters. The molecule has 2 rings (SSSR count). The molecular formula is C9H7F2NO. The number of carbonyl (C=O) groups excluding carboxylic acids is 1. The topological polar surface area (TPSA) is 20.1 Å². The minimum atomic E-state index is -0.795. The van der Waals surface area contributed by atoms with E-state index in [1.807, 2.05) is 0 Å². The Morgan fingerprint density at radius 2 is 2.00 bits per heavy atom. The normalized spacial score (nSPS) is 14.5. The molecule has 0 saturated carbocycles. The zero-order chi connectivity index (χ0) is 9.42. The van der Waals surface area contributed by atoms with Crippen molar-refractivity contribution < 1.29 is 13.6 Å². The van der Waals surface area contributed by atoms with Gasteiger partial charge >= 0.3 is 0 Å². The van der Waals surface area contributed by atoms with Gasteiger partial charge in [-0.2, -0.15) is 0 Å². The summed E-state index contributed by atoms with van der Waals surface area (Å²) < 4.78 is 25.5. The number of rotatable bonds is 1. The molecule has 68 valence electrons. The lowest BCUT2D eigenvalue weighted by molar-refractivity contribution is 0.0881. The highest BCUT2D eigenvalue weighted by Crippen LogP contribution is 2.15. The molecule has 1 aliphatic rings. The third-order valence-electron chi connectivity index (χ3n) is 1.90. The van der Waals surface area contributed by atoms with Gasteiger partial charge in [-0.1, -0.05) is 0 Å². The summed E-state index contributed by atoms with van der Waals surface area (Å²) in [6.45, 7) is 1.32. The Labute approximate surface area is 73.8 Å². The molecule has 0 bridgehead atoms. The molecule has 0 radical (unpaired) electrons.